The van der Waals surface area contributed by atoms with E-state index in [1.807, 2.05) is 17.9 Å². The van der Waals surface area contributed by atoms with Crippen LogP contribution in [0.25, 0.3) is 11.1 Å². The molecule has 19 heavy (non-hydrogen) atoms. The van der Waals surface area contributed by atoms with Crippen LogP contribution in [0.2, 0.25) is 0 Å². The normalized spacial score (nSPS) is 18.3. The molecule has 100 valence electrons. The molecule has 0 aliphatic heterocycles. The van der Waals surface area contributed by atoms with Gasteiger partial charge in [0.25, 0.3) is 0 Å². The molecular weight excluding hydrogens is 234 g/mol. The van der Waals surface area contributed by atoms with Crippen molar-refractivity contribution in [3.05, 3.63) is 41.7 Å². The van der Waals surface area contributed by atoms with Gasteiger partial charge in [-0.2, -0.15) is 5.10 Å². The first-order chi connectivity index (χ1) is 9.28. The maximum atomic E-state index is 5.76. The van der Waals surface area contributed by atoms with Crippen molar-refractivity contribution < 1.29 is 0 Å². The summed E-state index contributed by atoms with van der Waals surface area (Å²) in [4.78, 5) is 0. The van der Waals surface area contributed by atoms with E-state index >= 15 is 0 Å². The lowest BCUT2D eigenvalue weighted by Crippen LogP contribution is -2.13. The number of fused-ring (bicyclic) bond motifs is 1. The molecule has 1 aliphatic carbocycles. The topological polar surface area (TPSA) is 43.8 Å². The Bertz CT molecular complexity index is 571. The van der Waals surface area contributed by atoms with Crippen LogP contribution in [-0.4, -0.2) is 16.3 Å². The van der Waals surface area contributed by atoms with Gasteiger partial charge in [0.1, 0.15) is 0 Å². The first kappa shape index (κ1) is 12.4. The van der Waals surface area contributed by atoms with Crippen LogP contribution in [-0.2, 0) is 13.5 Å². The summed E-state index contributed by atoms with van der Waals surface area (Å²) < 4.78 is 1.85. The SMILES string of the molecule is Cn1cc(-c2ccc3c(c2)C(CCN)CCC3)cn1. The zero-order chi connectivity index (χ0) is 13.2. The number of aromatic nitrogens is 2. The van der Waals surface area contributed by atoms with Crippen molar-refractivity contribution in [2.24, 2.45) is 12.8 Å². The van der Waals surface area contributed by atoms with Crippen molar-refractivity contribution in [1.82, 2.24) is 9.78 Å². The van der Waals surface area contributed by atoms with Crippen molar-refractivity contribution in [2.75, 3.05) is 6.54 Å². The molecule has 0 bridgehead atoms. The smallest absolute Gasteiger partial charge is 0.0568 e. The summed E-state index contributed by atoms with van der Waals surface area (Å²) in [5.74, 6) is 0.644. The monoisotopic (exact) mass is 255 g/mol. The minimum Gasteiger partial charge on any atom is -0.330 e. The molecule has 0 saturated heterocycles. The number of rotatable bonds is 3. The van der Waals surface area contributed by atoms with Crippen LogP contribution < -0.4 is 5.73 Å². The van der Waals surface area contributed by atoms with Crippen molar-refractivity contribution in [2.45, 2.75) is 31.6 Å². The molecule has 0 amide bonds. The second kappa shape index (κ2) is 5.17. The van der Waals surface area contributed by atoms with E-state index in [-0.39, 0.29) is 0 Å². The van der Waals surface area contributed by atoms with E-state index in [0.717, 1.165) is 13.0 Å². The Hall–Kier alpha value is -1.61. The van der Waals surface area contributed by atoms with E-state index in [2.05, 4.69) is 29.5 Å². The van der Waals surface area contributed by atoms with Crippen LogP contribution in [0, 0.1) is 0 Å². The standard InChI is InChI=1S/C16H21N3/c1-19-11-15(10-18-19)14-6-5-12-3-2-4-13(7-8-17)16(12)9-14/h5-6,9-11,13H,2-4,7-8,17H2,1H3. The highest BCUT2D eigenvalue weighted by atomic mass is 15.2. The fraction of sp³-hybridized carbons (Fsp3) is 0.438. The third-order valence-corrected chi connectivity index (χ3v) is 4.14. The minimum absolute atomic E-state index is 0.644. The van der Waals surface area contributed by atoms with E-state index in [1.165, 1.54) is 41.5 Å². The van der Waals surface area contributed by atoms with Gasteiger partial charge in [-0.05, 0) is 54.8 Å². The molecule has 3 nitrogen and oxygen atoms in total. The molecule has 0 spiro atoms. The lowest BCUT2D eigenvalue weighted by Gasteiger charge is -2.25. The van der Waals surface area contributed by atoms with Crippen molar-refractivity contribution in [3.8, 4) is 11.1 Å². The molecule has 2 N–H and O–H groups in total. The Morgan fingerprint density at radius 1 is 1.37 bits per heavy atom. The van der Waals surface area contributed by atoms with Gasteiger partial charge < -0.3 is 5.73 Å². The third-order valence-electron chi connectivity index (χ3n) is 4.14. The van der Waals surface area contributed by atoms with E-state index in [0.29, 0.717) is 5.92 Å². The predicted octanol–water partition coefficient (Wildman–Crippen LogP) is 2.86. The molecular formula is C16H21N3. The number of benzene rings is 1. The van der Waals surface area contributed by atoms with E-state index < -0.39 is 0 Å². The Morgan fingerprint density at radius 2 is 2.26 bits per heavy atom. The zero-order valence-electron chi connectivity index (χ0n) is 11.5. The summed E-state index contributed by atoms with van der Waals surface area (Å²) in [6.07, 6.45) is 8.89. The largest absolute Gasteiger partial charge is 0.330 e. The van der Waals surface area contributed by atoms with Crippen molar-refractivity contribution in [3.63, 3.8) is 0 Å². The van der Waals surface area contributed by atoms with Gasteiger partial charge in [0.2, 0.25) is 0 Å². The number of aryl methyl sites for hydroxylation is 2. The summed E-state index contributed by atoms with van der Waals surface area (Å²) in [6, 6.07) is 6.87. The van der Waals surface area contributed by atoms with Crippen molar-refractivity contribution in [1.29, 1.82) is 0 Å². The Labute approximate surface area is 114 Å². The molecule has 1 aromatic heterocycles. The average Bonchev–Trinajstić information content (AvgIpc) is 2.86. The third kappa shape index (κ3) is 2.43. The van der Waals surface area contributed by atoms with Gasteiger partial charge in [-0.1, -0.05) is 18.2 Å². The molecule has 1 heterocycles. The van der Waals surface area contributed by atoms with Gasteiger partial charge in [-0.15, -0.1) is 0 Å². The highest BCUT2D eigenvalue weighted by Crippen LogP contribution is 2.36. The van der Waals surface area contributed by atoms with Gasteiger partial charge in [-0.3, -0.25) is 4.68 Å². The van der Waals surface area contributed by atoms with Gasteiger partial charge in [0.05, 0.1) is 6.20 Å². The molecule has 2 aromatic rings. The molecule has 1 aromatic carbocycles. The Kier molecular flexibility index (Phi) is 3.38. The summed E-state index contributed by atoms with van der Waals surface area (Å²) in [6.45, 7) is 0.779. The minimum atomic E-state index is 0.644. The quantitative estimate of drug-likeness (QED) is 0.916. The zero-order valence-corrected chi connectivity index (χ0v) is 11.5. The summed E-state index contributed by atoms with van der Waals surface area (Å²) in [5.41, 5.74) is 11.2. The maximum Gasteiger partial charge on any atom is 0.0568 e. The molecule has 1 unspecified atom stereocenters. The van der Waals surface area contributed by atoms with Crippen LogP contribution in [0.5, 0.6) is 0 Å². The van der Waals surface area contributed by atoms with Gasteiger partial charge in [0.15, 0.2) is 0 Å². The first-order valence-corrected chi connectivity index (χ1v) is 7.10. The average molecular weight is 255 g/mol. The summed E-state index contributed by atoms with van der Waals surface area (Å²) >= 11 is 0. The van der Waals surface area contributed by atoms with Crippen LogP contribution in [0.15, 0.2) is 30.6 Å². The lowest BCUT2D eigenvalue weighted by molar-refractivity contribution is 0.526. The van der Waals surface area contributed by atoms with E-state index in [1.54, 1.807) is 0 Å². The molecule has 0 saturated carbocycles. The molecule has 3 rings (SSSR count). The number of hydrogen-bond donors (Lipinski definition) is 1. The maximum absolute atomic E-state index is 5.76. The Morgan fingerprint density at radius 3 is 3.00 bits per heavy atom. The van der Waals surface area contributed by atoms with E-state index in [4.69, 9.17) is 5.73 Å². The summed E-state index contributed by atoms with van der Waals surface area (Å²) in [7, 11) is 1.96. The lowest BCUT2D eigenvalue weighted by atomic mass is 9.80. The fourth-order valence-electron chi connectivity index (χ4n) is 3.15. The number of nitrogens with zero attached hydrogens (tertiary/aromatic N) is 2. The molecule has 3 heteroatoms. The van der Waals surface area contributed by atoms with Crippen LogP contribution in [0.3, 0.4) is 0 Å². The highest BCUT2D eigenvalue weighted by Gasteiger charge is 2.20. The van der Waals surface area contributed by atoms with Gasteiger partial charge in [0, 0.05) is 18.8 Å². The number of nitrogens with two attached hydrogens (primary N) is 1. The highest BCUT2D eigenvalue weighted by molar-refractivity contribution is 5.64. The molecule has 0 fully saturated rings. The van der Waals surface area contributed by atoms with Gasteiger partial charge >= 0.3 is 0 Å². The van der Waals surface area contributed by atoms with Crippen LogP contribution in [0.4, 0.5) is 0 Å². The van der Waals surface area contributed by atoms with Crippen molar-refractivity contribution >= 4 is 0 Å². The second-order valence-electron chi connectivity index (χ2n) is 5.48. The molecule has 0 radical (unpaired) electrons. The van der Waals surface area contributed by atoms with E-state index in [9.17, 15) is 0 Å². The molecule has 1 atom stereocenters. The summed E-state index contributed by atoms with van der Waals surface area (Å²) in [5, 5.41) is 4.26. The second-order valence-corrected chi connectivity index (χ2v) is 5.48. The fourth-order valence-corrected chi connectivity index (χ4v) is 3.15. The Balaban J connectivity index is 1.99. The first-order valence-electron chi connectivity index (χ1n) is 7.10. The molecule has 1 aliphatic rings. The predicted molar refractivity (Wildman–Crippen MR) is 78.0 cm³/mol. The van der Waals surface area contributed by atoms with Crippen LogP contribution in [0.1, 0.15) is 36.3 Å². The van der Waals surface area contributed by atoms with Crippen LogP contribution >= 0.6 is 0 Å². The number of hydrogen-bond acceptors (Lipinski definition) is 2. The van der Waals surface area contributed by atoms with Gasteiger partial charge in [-0.25, -0.2) is 0 Å².